The molecule has 0 aliphatic carbocycles. The van der Waals surface area contributed by atoms with E-state index in [0.29, 0.717) is 0 Å². The van der Waals surface area contributed by atoms with Gasteiger partial charge in [0.15, 0.2) is 5.82 Å². The Balaban J connectivity index is 2.48. The standard InChI is InChI=1S/C13H18N4S/c1-4-9-6-7-11(18-9)13-15-8(3)10(5-2)12(16-13)17-14/h6-7H,4-5,14H2,1-3H3,(H,15,16,17). The van der Waals surface area contributed by atoms with E-state index >= 15 is 0 Å². The molecular formula is C13H18N4S. The van der Waals surface area contributed by atoms with Gasteiger partial charge in [0.25, 0.3) is 0 Å². The van der Waals surface area contributed by atoms with Crippen molar-refractivity contribution in [2.24, 2.45) is 5.84 Å². The van der Waals surface area contributed by atoms with Crippen molar-refractivity contribution in [2.45, 2.75) is 33.6 Å². The predicted molar refractivity (Wildman–Crippen MR) is 76.6 cm³/mol. The lowest BCUT2D eigenvalue weighted by Crippen LogP contribution is -2.13. The Morgan fingerprint density at radius 3 is 2.56 bits per heavy atom. The second-order valence-corrected chi connectivity index (χ2v) is 5.25. The molecule has 0 aliphatic rings. The van der Waals surface area contributed by atoms with Gasteiger partial charge in [-0.15, -0.1) is 11.3 Å². The summed E-state index contributed by atoms with van der Waals surface area (Å²) in [6.07, 6.45) is 1.91. The lowest BCUT2D eigenvalue weighted by molar-refractivity contribution is 0.997. The van der Waals surface area contributed by atoms with Crippen LogP contribution >= 0.6 is 11.3 Å². The normalized spacial score (nSPS) is 10.7. The SMILES string of the molecule is CCc1ccc(-c2nc(C)c(CC)c(NN)n2)s1. The molecule has 18 heavy (non-hydrogen) atoms. The van der Waals surface area contributed by atoms with E-state index in [2.05, 4.69) is 41.4 Å². The van der Waals surface area contributed by atoms with Gasteiger partial charge in [-0.2, -0.15) is 0 Å². The summed E-state index contributed by atoms with van der Waals surface area (Å²) in [4.78, 5) is 11.5. The van der Waals surface area contributed by atoms with Crippen molar-refractivity contribution in [1.29, 1.82) is 0 Å². The number of rotatable bonds is 4. The van der Waals surface area contributed by atoms with Crippen molar-refractivity contribution in [3.05, 3.63) is 28.3 Å². The number of aromatic nitrogens is 2. The minimum absolute atomic E-state index is 0.728. The maximum Gasteiger partial charge on any atom is 0.171 e. The fourth-order valence-corrected chi connectivity index (χ4v) is 2.82. The summed E-state index contributed by atoms with van der Waals surface area (Å²) in [5.74, 6) is 7.02. The summed E-state index contributed by atoms with van der Waals surface area (Å²) in [5, 5.41) is 0. The molecule has 96 valence electrons. The van der Waals surface area contributed by atoms with Crippen molar-refractivity contribution in [1.82, 2.24) is 9.97 Å². The van der Waals surface area contributed by atoms with Crippen LogP contribution in [0, 0.1) is 6.92 Å². The fourth-order valence-electron chi connectivity index (χ4n) is 1.94. The zero-order valence-electron chi connectivity index (χ0n) is 10.9. The highest BCUT2D eigenvalue weighted by Gasteiger charge is 2.12. The molecule has 0 aliphatic heterocycles. The summed E-state index contributed by atoms with van der Waals surface area (Å²) in [6.45, 7) is 6.22. The van der Waals surface area contributed by atoms with Gasteiger partial charge in [0.05, 0.1) is 4.88 Å². The number of hydrogen-bond donors (Lipinski definition) is 2. The molecule has 0 spiro atoms. The Bertz CT molecular complexity index is 548. The van der Waals surface area contributed by atoms with Crippen LogP contribution in [0.5, 0.6) is 0 Å². The zero-order chi connectivity index (χ0) is 13.1. The number of hydrazine groups is 1. The highest BCUT2D eigenvalue weighted by molar-refractivity contribution is 7.15. The molecule has 0 saturated carbocycles. The van der Waals surface area contributed by atoms with E-state index in [-0.39, 0.29) is 0 Å². The molecule has 3 N–H and O–H groups in total. The van der Waals surface area contributed by atoms with Crippen LogP contribution < -0.4 is 11.3 Å². The molecule has 0 aromatic carbocycles. The van der Waals surface area contributed by atoms with Gasteiger partial charge < -0.3 is 5.43 Å². The molecular weight excluding hydrogens is 244 g/mol. The first-order chi connectivity index (χ1) is 8.69. The number of aryl methyl sites for hydroxylation is 2. The largest absolute Gasteiger partial charge is 0.308 e. The van der Waals surface area contributed by atoms with E-state index in [4.69, 9.17) is 5.84 Å². The molecule has 0 unspecified atom stereocenters. The van der Waals surface area contributed by atoms with E-state index < -0.39 is 0 Å². The molecule has 0 amide bonds. The first kappa shape index (κ1) is 13.0. The van der Waals surface area contributed by atoms with Crippen molar-refractivity contribution in [2.75, 3.05) is 5.43 Å². The average Bonchev–Trinajstić information content (AvgIpc) is 2.86. The van der Waals surface area contributed by atoms with E-state index in [0.717, 1.165) is 40.6 Å². The number of nitrogens with two attached hydrogens (primary N) is 1. The van der Waals surface area contributed by atoms with Crippen molar-refractivity contribution in [3.63, 3.8) is 0 Å². The lowest BCUT2D eigenvalue weighted by Gasteiger charge is -2.10. The molecule has 2 aromatic heterocycles. The number of hydrogen-bond acceptors (Lipinski definition) is 5. The van der Waals surface area contributed by atoms with Gasteiger partial charge in [-0.25, -0.2) is 15.8 Å². The Morgan fingerprint density at radius 1 is 1.22 bits per heavy atom. The smallest absolute Gasteiger partial charge is 0.171 e. The van der Waals surface area contributed by atoms with E-state index in [1.165, 1.54) is 4.88 Å². The van der Waals surface area contributed by atoms with Crippen LogP contribution in [0.4, 0.5) is 5.82 Å². The van der Waals surface area contributed by atoms with Crippen LogP contribution in [-0.2, 0) is 12.8 Å². The van der Waals surface area contributed by atoms with Gasteiger partial charge in [0.2, 0.25) is 0 Å². The average molecular weight is 262 g/mol. The number of nitrogens with zero attached hydrogens (tertiary/aromatic N) is 2. The lowest BCUT2D eigenvalue weighted by atomic mass is 10.1. The van der Waals surface area contributed by atoms with Gasteiger partial charge in [0.1, 0.15) is 5.82 Å². The van der Waals surface area contributed by atoms with E-state index in [1.54, 1.807) is 11.3 Å². The molecule has 2 heterocycles. The van der Waals surface area contributed by atoms with Gasteiger partial charge in [0, 0.05) is 16.1 Å². The molecule has 0 radical (unpaired) electrons. The van der Waals surface area contributed by atoms with Crippen LogP contribution in [0.15, 0.2) is 12.1 Å². The van der Waals surface area contributed by atoms with E-state index in [9.17, 15) is 0 Å². The molecule has 2 rings (SSSR count). The predicted octanol–water partition coefficient (Wildman–Crippen LogP) is 2.92. The molecule has 2 aromatic rings. The second-order valence-electron chi connectivity index (χ2n) is 4.08. The topological polar surface area (TPSA) is 63.8 Å². The minimum atomic E-state index is 0.728. The van der Waals surface area contributed by atoms with Crippen molar-refractivity contribution < 1.29 is 0 Å². The summed E-state index contributed by atoms with van der Waals surface area (Å²) in [5.41, 5.74) is 4.74. The number of nitrogens with one attached hydrogen (secondary N) is 1. The maximum atomic E-state index is 5.54. The summed E-state index contributed by atoms with van der Waals surface area (Å²) >= 11 is 1.73. The van der Waals surface area contributed by atoms with Crippen LogP contribution in [0.3, 0.4) is 0 Å². The summed E-state index contributed by atoms with van der Waals surface area (Å²) in [6, 6.07) is 4.20. The third kappa shape index (κ3) is 2.37. The number of thiophene rings is 1. The van der Waals surface area contributed by atoms with Crippen LogP contribution in [0.2, 0.25) is 0 Å². The molecule has 0 atom stereocenters. The summed E-state index contributed by atoms with van der Waals surface area (Å²) in [7, 11) is 0. The van der Waals surface area contributed by atoms with Gasteiger partial charge in [-0.05, 0) is 31.9 Å². The van der Waals surface area contributed by atoms with Crippen LogP contribution in [-0.4, -0.2) is 9.97 Å². The Morgan fingerprint density at radius 2 is 2.00 bits per heavy atom. The Hall–Kier alpha value is -1.46. The highest BCUT2D eigenvalue weighted by atomic mass is 32.1. The quantitative estimate of drug-likeness (QED) is 0.657. The monoisotopic (exact) mass is 262 g/mol. The highest BCUT2D eigenvalue weighted by Crippen LogP contribution is 2.28. The summed E-state index contributed by atoms with van der Waals surface area (Å²) < 4.78 is 0. The van der Waals surface area contributed by atoms with Gasteiger partial charge >= 0.3 is 0 Å². The van der Waals surface area contributed by atoms with Gasteiger partial charge in [-0.3, -0.25) is 0 Å². The first-order valence-electron chi connectivity index (χ1n) is 6.12. The third-order valence-corrected chi connectivity index (χ3v) is 4.16. The molecule has 4 nitrogen and oxygen atoms in total. The number of nitrogen functional groups attached to an aromatic ring is 1. The Labute approximate surface area is 111 Å². The molecule has 0 bridgehead atoms. The van der Waals surface area contributed by atoms with Gasteiger partial charge in [-0.1, -0.05) is 13.8 Å². The Kier molecular flexibility index (Phi) is 3.93. The number of anilines is 1. The van der Waals surface area contributed by atoms with E-state index in [1.807, 2.05) is 6.92 Å². The van der Waals surface area contributed by atoms with Crippen molar-refractivity contribution >= 4 is 17.2 Å². The second kappa shape index (κ2) is 5.46. The first-order valence-corrected chi connectivity index (χ1v) is 6.94. The van der Waals surface area contributed by atoms with Crippen molar-refractivity contribution in [3.8, 4) is 10.7 Å². The molecule has 0 fully saturated rings. The van der Waals surface area contributed by atoms with Crippen LogP contribution in [0.25, 0.3) is 10.7 Å². The van der Waals surface area contributed by atoms with Crippen LogP contribution in [0.1, 0.15) is 30.0 Å². The minimum Gasteiger partial charge on any atom is -0.308 e. The molecule has 5 heteroatoms. The fraction of sp³-hybridized carbons (Fsp3) is 0.385. The zero-order valence-corrected chi connectivity index (χ0v) is 11.8. The molecule has 0 saturated heterocycles. The maximum absolute atomic E-state index is 5.54. The third-order valence-electron chi connectivity index (χ3n) is 2.93.